The van der Waals surface area contributed by atoms with Crippen molar-refractivity contribution in [3.05, 3.63) is 47.5 Å². The molecule has 0 spiro atoms. The molecule has 1 aliphatic carbocycles. The molecule has 0 saturated carbocycles. The first-order valence-electron chi connectivity index (χ1n) is 7.61. The van der Waals surface area contributed by atoms with Gasteiger partial charge in [-0.05, 0) is 31.0 Å². The van der Waals surface area contributed by atoms with E-state index >= 15 is 0 Å². The first-order chi connectivity index (χ1) is 11.5. The van der Waals surface area contributed by atoms with Gasteiger partial charge in [-0.2, -0.15) is 0 Å². The summed E-state index contributed by atoms with van der Waals surface area (Å²) in [7, 11) is 0. The first kappa shape index (κ1) is 16.3. The molecule has 1 aliphatic heterocycles. The Morgan fingerprint density at radius 2 is 1.75 bits per heavy atom. The van der Waals surface area contributed by atoms with Crippen LogP contribution in [0, 0.1) is 23.5 Å². The predicted octanol–water partition coefficient (Wildman–Crippen LogP) is 2.07. The minimum absolute atomic E-state index is 0.0899. The number of hydrogen-bond donors (Lipinski definition) is 0. The van der Waals surface area contributed by atoms with Crippen molar-refractivity contribution in [1.82, 2.24) is 4.90 Å². The van der Waals surface area contributed by atoms with Crippen LogP contribution in [0.5, 0.6) is 0 Å². The van der Waals surface area contributed by atoms with Gasteiger partial charge in [0.1, 0.15) is 18.2 Å². The van der Waals surface area contributed by atoms with Gasteiger partial charge >= 0.3 is 5.97 Å². The maximum Gasteiger partial charge on any atom is 0.341 e. The minimum Gasteiger partial charge on any atom is -0.460 e. The molecule has 7 heteroatoms. The summed E-state index contributed by atoms with van der Waals surface area (Å²) >= 11 is 0. The molecule has 1 saturated heterocycles. The van der Waals surface area contributed by atoms with E-state index in [1.54, 1.807) is 0 Å². The van der Waals surface area contributed by atoms with Gasteiger partial charge in [0.2, 0.25) is 11.8 Å². The molecule has 0 radical (unpaired) electrons. The Morgan fingerprint density at radius 1 is 1.12 bits per heavy atom. The molecule has 0 unspecified atom stereocenters. The summed E-state index contributed by atoms with van der Waals surface area (Å²) in [6.07, 6.45) is 4.81. The highest BCUT2D eigenvalue weighted by Crippen LogP contribution is 2.34. The van der Waals surface area contributed by atoms with Crippen LogP contribution in [0.1, 0.15) is 23.2 Å². The molecule has 2 amide bonds. The highest BCUT2D eigenvalue weighted by molar-refractivity contribution is 6.05. The highest BCUT2D eigenvalue weighted by Gasteiger charge is 2.46. The van der Waals surface area contributed by atoms with E-state index in [9.17, 15) is 23.2 Å². The summed E-state index contributed by atoms with van der Waals surface area (Å²) in [5, 5.41) is 0. The molecule has 2 atom stereocenters. The van der Waals surface area contributed by atoms with Crippen molar-refractivity contribution < 1.29 is 27.9 Å². The zero-order valence-corrected chi connectivity index (χ0v) is 12.7. The molecule has 1 fully saturated rings. The molecule has 2 aliphatic rings. The van der Waals surface area contributed by atoms with E-state index in [4.69, 9.17) is 4.74 Å². The van der Waals surface area contributed by atoms with Crippen LogP contribution in [0.25, 0.3) is 0 Å². The van der Waals surface area contributed by atoms with E-state index in [1.807, 2.05) is 12.2 Å². The molecule has 24 heavy (non-hydrogen) atoms. The Kier molecular flexibility index (Phi) is 4.42. The summed E-state index contributed by atoms with van der Waals surface area (Å²) in [4.78, 5) is 37.3. The fourth-order valence-corrected chi connectivity index (χ4v) is 3.05. The molecule has 1 aromatic rings. The number of amides is 2. The number of benzene rings is 1. The fourth-order valence-electron chi connectivity index (χ4n) is 3.05. The van der Waals surface area contributed by atoms with Crippen molar-refractivity contribution in [3.8, 4) is 0 Å². The van der Waals surface area contributed by atoms with E-state index < -0.39 is 23.2 Å². The highest BCUT2D eigenvalue weighted by atomic mass is 19.1. The minimum atomic E-state index is -1.04. The van der Waals surface area contributed by atoms with Gasteiger partial charge in [-0.25, -0.2) is 13.6 Å². The third kappa shape index (κ3) is 2.93. The van der Waals surface area contributed by atoms with E-state index in [0.717, 1.165) is 23.1 Å². The second kappa shape index (κ2) is 6.51. The van der Waals surface area contributed by atoms with Crippen LogP contribution < -0.4 is 0 Å². The van der Waals surface area contributed by atoms with Gasteiger partial charge in [0.05, 0.1) is 23.9 Å². The number of imide groups is 1. The third-order valence-corrected chi connectivity index (χ3v) is 4.30. The summed E-state index contributed by atoms with van der Waals surface area (Å²) in [5.41, 5.74) is -0.521. The van der Waals surface area contributed by atoms with Gasteiger partial charge in [-0.3, -0.25) is 14.5 Å². The molecular weight excluding hydrogens is 320 g/mol. The van der Waals surface area contributed by atoms with E-state index in [-0.39, 0.29) is 36.8 Å². The van der Waals surface area contributed by atoms with Gasteiger partial charge in [0.15, 0.2) is 0 Å². The fraction of sp³-hybridized carbons (Fsp3) is 0.353. The molecule has 0 N–H and O–H groups in total. The Balaban J connectivity index is 1.59. The molecule has 5 nitrogen and oxygen atoms in total. The molecular formula is C17H15F2NO4. The number of allylic oxidation sites excluding steroid dienone is 2. The zero-order chi connectivity index (χ0) is 17.3. The first-order valence-corrected chi connectivity index (χ1v) is 7.61. The van der Waals surface area contributed by atoms with E-state index in [0.29, 0.717) is 12.8 Å². The molecule has 1 aromatic carbocycles. The number of rotatable bonds is 4. The monoisotopic (exact) mass is 335 g/mol. The van der Waals surface area contributed by atoms with Crippen LogP contribution in [0.4, 0.5) is 8.78 Å². The predicted molar refractivity (Wildman–Crippen MR) is 78.7 cm³/mol. The molecule has 3 rings (SSSR count). The van der Waals surface area contributed by atoms with Gasteiger partial charge in [0, 0.05) is 0 Å². The molecule has 0 bridgehead atoms. The SMILES string of the molecule is O=C(OCCN1C(=O)[C@H]2CC=CC[C@H]2C1=O)c1cc(F)ccc1F. The number of ether oxygens (including phenoxy) is 1. The Morgan fingerprint density at radius 3 is 2.38 bits per heavy atom. The maximum atomic E-state index is 13.5. The Bertz CT molecular complexity index is 705. The van der Waals surface area contributed by atoms with Crippen LogP contribution in [-0.4, -0.2) is 35.8 Å². The van der Waals surface area contributed by atoms with Crippen molar-refractivity contribution >= 4 is 17.8 Å². The van der Waals surface area contributed by atoms with Crippen molar-refractivity contribution in [2.24, 2.45) is 11.8 Å². The van der Waals surface area contributed by atoms with Crippen LogP contribution in [0.15, 0.2) is 30.4 Å². The topological polar surface area (TPSA) is 63.7 Å². The largest absolute Gasteiger partial charge is 0.460 e. The second-order valence-corrected chi connectivity index (χ2v) is 5.74. The maximum absolute atomic E-state index is 13.5. The van der Waals surface area contributed by atoms with Gasteiger partial charge in [0.25, 0.3) is 0 Å². The number of likely N-dealkylation sites (tertiary alicyclic amines) is 1. The standard InChI is InChI=1S/C17H15F2NO4/c18-10-5-6-14(19)13(9-10)17(23)24-8-7-20-15(21)11-3-1-2-4-12(11)16(20)22/h1-2,5-6,9,11-12H,3-4,7-8H2/t11-,12+. The average Bonchev–Trinajstić information content (AvgIpc) is 2.82. The van der Waals surface area contributed by atoms with Crippen LogP contribution >= 0.6 is 0 Å². The lowest BCUT2D eigenvalue weighted by molar-refractivity contribution is -0.140. The van der Waals surface area contributed by atoms with Crippen LogP contribution in [0.3, 0.4) is 0 Å². The van der Waals surface area contributed by atoms with Gasteiger partial charge < -0.3 is 4.74 Å². The number of fused-ring (bicyclic) bond motifs is 1. The molecule has 126 valence electrons. The number of hydrogen-bond acceptors (Lipinski definition) is 4. The van der Waals surface area contributed by atoms with Gasteiger partial charge in [-0.15, -0.1) is 0 Å². The van der Waals surface area contributed by atoms with Crippen molar-refractivity contribution in [3.63, 3.8) is 0 Å². The Hall–Kier alpha value is -2.57. The van der Waals surface area contributed by atoms with Crippen molar-refractivity contribution in [2.45, 2.75) is 12.8 Å². The van der Waals surface area contributed by atoms with Crippen LogP contribution in [0.2, 0.25) is 0 Å². The summed E-state index contributed by atoms with van der Waals surface area (Å²) < 4.78 is 31.4. The average molecular weight is 335 g/mol. The Labute approximate surface area is 136 Å². The smallest absolute Gasteiger partial charge is 0.341 e. The molecule has 0 aromatic heterocycles. The lowest BCUT2D eigenvalue weighted by Gasteiger charge is -2.14. The lowest BCUT2D eigenvalue weighted by atomic mass is 9.85. The second-order valence-electron chi connectivity index (χ2n) is 5.74. The number of halogens is 2. The van der Waals surface area contributed by atoms with E-state index in [2.05, 4.69) is 0 Å². The summed E-state index contributed by atoms with van der Waals surface area (Å²) in [6.45, 7) is -0.355. The molecule has 1 heterocycles. The quantitative estimate of drug-likeness (QED) is 0.480. The lowest BCUT2D eigenvalue weighted by Crippen LogP contribution is -2.34. The zero-order valence-electron chi connectivity index (χ0n) is 12.7. The number of carbonyl (C=O) groups excluding carboxylic acids is 3. The number of esters is 1. The van der Waals surface area contributed by atoms with Crippen molar-refractivity contribution in [2.75, 3.05) is 13.2 Å². The van der Waals surface area contributed by atoms with Crippen LogP contribution in [-0.2, 0) is 14.3 Å². The van der Waals surface area contributed by atoms with E-state index in [1.165, 1.54) is 0 Å². The van der Waals surface area contributed by atoms with Crippen molar-refractivity contribution in [1.29, 1.82) is 0 Å². The summed E-state index contributed by atoms with van der Waals surface area (Å²) in [5.74, 6) is -3.94. The normalized spacial score (nSPS) is 22.7. The number of carbonyl (C=O) groups is 3. The van der Waals surface area contributed by atoms with Gasteiger partial charge in [-0.1, -0.05) is 12.2 Å². The third-order valence-electron chi connectivity index (χ3n) is 4.30. The number of nitrogens with zero attached hydrogens (tertiary/aromatic N) is 1. The summed E-state index contributed by atoms with van der Waals surface area (Å²) in [6, 6.07) is 2.46.